The third-order valence-corrected chi connectivity index (χ3v) is 10.3. The first-order chi connectivity index (χ1) is 21.2. The van der Waals surface area contributed by atoms with Gasteiger partial charge in [0.2, 0.25) is 23.6 Å². The van der Waals surface area contributed by atoms with Crippen molar-refractivity contribution in [2.24, 2.45) is 23.7 Å². The predicted molar refractivity (Wildman–Crippen MR) is 163 cm³/mol. The lowest BCUT2D eigenvalue weighted by Gasteiger charge is -2.51. The van der Waals surface area contributed by atoms with Crippen LogP contribution in [0.2, 0.25) is 5.02 Å². The number of phenols is 1. The summed E-state index contributed by atoms with van der Waals surface area (Å²) in [4.78, 5) is 59.5. The average molecular weight is 611 g/mol. The number of imide groups is 2. The Labute approximate surface area is 259 Å². The summed E-state index contributed by atoms with van der Waals surface area (Å²) in [7, 11) is 1.49. The quantitative estimate of drug-likeness (QED) is 0.313. The summed E-state index contributed by atoms with van der Waals surface area (Å²) in [6.45, 7) is 2.06. The molecular formula is C35H31ClN2O6. The summed E-state index contributed by atoms with van der Waals surface area (Å²) in [5, 5.41) is 10.8. The second-order valence-corrected chi connectivity index (χ2v) is 12.4. The van der Waals surface area contributed by atoms with E-state index in [1.165, 1.54) is 23.0 Å². The minimum atomic E-state index is -1.41. The second kappa shape index (κ2) is 10.3. The highest BCUT2D eigenvalue weighted by molar-refractivity contribution is 6.32. The van der Waals surface area contributed by atoms with E-state index in [1.807, 2.05) is 36.4 Å². The topological polar surface area (TPSA) is 104 Å². The molecule has 224 valence electrons. The number of carbonyl (C=O) groups is 4. The zero-order valence-corrected chi connectivity index (χ0v) is 25.0. The highest BCUT2D eigenvalue weighted by atomic mass is 35.5. The molecule has 6 atom stereocenters. The molecule has 0 radical (unpaired) electrons. The highest BCUT2D eigenvalue weighted by Crippen LogP contribution is 2.65. The van der Waals surface area contributed by atoms with Gasteiger partial charge in [0.25, 0.3) is 0 Å². The fourth-order valence-electron chi connectivity index (χ4n) is 8.40. The number of benzene rings is 3. The lowest BCUT2D eigenvalue weighted by molar-refractivity contribution is -0.140. The number of hydrogen-bond acceptors (Lipinski definition) is 6. The number of anilines is 1. The van der Waals surface area contributed by atoms with Crippen LogP contribution in [0, 0.1) is 23.7 Å². The lowest BCUT2D eigenvalue weighted by Crippen LogP contribution is -2.53. The third kappa shape index (κ3) is 3.76. The van der Waals surface area contributed by atoms with Crippen molar-refractivity contribution in [1.29, 1.82) is 0 Å². The number of amides is 4. The van der Waals surface area contributed by atoms with Crippen molar-refractivity contribution in [3.63, 3.8) is 0 Å². The van der Waals surface area contributed by atoms with Crippen LogP contribution in [-0.4, -0.2) is 47.3 Å². The molecule has 2 heterocycles. The fourth-order valence-corrected chi connectivity index (χ4v) is 8.59. The summed E-state index contributed by atoms with van der Waals surface area (Å²) in [6.07, 6.45) is 2.58. The smallest absolute Gasteiger partial charge is 0.246 e. The Morgan fingerprint density at radius 3 is 2.41 bits per heavy atom. The van der Waals surface area contributed by atoms with Gasteiger partial charge in [0.15, 0.2) is 0 Å². The Kier molecular flexibility index (Phi) is 6.66. The lowest BCUT2D eigenvalue weighted by atomic mass is 9.49. The number of methoxy groups -OCH3 is 1. The van der Waals surface area contributed by atoms with E-state index in [9.17, 15) is 19.5 Å². The third-order valence-electron chi connectivity index (χ3n) is 10.1. The number of carbonyl (C=O) groups excluding carboxylic acids is 4. The van der Waals surface area contributed by atoms with Crippen molar-refractivity contribution < 1.29 is 29.0 Å². The molecule has 3 fully saturated rings. The van der Waals surface area contributed by atoms with Gasteiger partial charge in [0.1, 0.15) is 11.5 Å². The van der Waals surface area contributed by atoms with E-state index < -0.39 is 40.9 Å². The maximum absolute atomic E-state index is 15.2. The standard InChI is InChI=1S/C35H31ClN2O6/c1-3-37-31(40)25-15-14-23-26(29(25)33(37)42)18-27-32(41)38(21-11-7-10-20(36)16-21)34(43)35(27,19-8-5-4-6-9-19)30(23)24-13-12-22(39)17-28(24)44-2/h4-14,16-17,25-27,29-30,39H,3,15,18H2,1-2H3. The number of hydrogen-bond donors (Lipinski definition) is 1. The SMILES string of the molecule is CCN1C(=O)C2CC=C3C(CC4C(=O)N(c5cccc(Cl)c5)C(=O)C4(c4ccccc4)C3c3ccc(O)cc3OC)C2C1=O. The first-order valence-corrected chi connectivity index (χ1v) is 15.2. The number of rotatable bonds is 5. The molecule has 1 N–H and O–H groups in total. The molecule has 3 aromatic carbocycles. The van der Waals surface area contributed by atoms with Gasteiger partial charge in [-0.25, -0.2) is 4.90 Å². The van der Waals surface area contributed by atoms with E-state index in [0.717, 1.165) is 5.57 Å². The molecule has 2 aliphatic heterocycles. The normalized spacial score (nSPS) is 29.3. The van der Waals surface area contributed by atoms with Gasteiger partial charge < -0.3 is 9.84 Å². The highest BCUT2D eigenvalue weighted by Gasteiger charge is 2.70. The molecule has 44 heavy (non-hydrogen) atoms. The van der Waals surface area contributed by atoms with Crippen LogP contribution in [0.25, 0.3) is 0 Å². The van der Waals surface area contributed by atoms with Gasteiger partial charge in [-0.2, -0.15) is 0 Å². The second-order valence-electron chi connectivity index (χ2n) is 11.9. The van der Waals surface area contributed by atoms with Crippen LogP contribution in [0.15, 0.2) is 84.4 Å². The van der Waals surface area contributed by atoms with Crippen molar-refractivity contribution in [3.8, 4) is 11.5 Å². The summed E-state index contributed by atoms with van der Waals surface area (Å²) in [6, 6.07) is 20.7. The molecule has 0 bridgehead atoms. The van der Waals surface area contributed by atoms with Gasteiger partial charge in [0, 0.05) is 29.1 Å². The minimum Gasteiger partial charge on any atom is -0.508 e. The molecule has 2 aliphatic carbocycles. The summed E-state index contributed by atoms with van der Waals surface area (Å²) in [5.41, 5.74) is 1.08. The molecule has 6 unspecified atom stereocenters. The van der Waals surface area contributed by atoms with Gasteiger partial charge in [-0.3, -0.25) is 24.1 Å². The van der Waals surface area contributed by atoms with Crippen LogP contribution in [0.3, 0.4) is 0 Å². The van der Waals surface area contributed by atoms with E-state index >= 15 is 4.79 Å². The minimum absolute atomic E-state index is 0.00880. The summed E-state index contributed by atoms with van der Waals surface area (Å²) < 4.78 is 5.79. The Bertz CT molecular complexity index is 1750. The molecule has 1 saturated carbocycles. The Hall–Kier alpha value is -4.43. The molecule has 8 nitrogen and oxygen atoms in total. The maximum Gasteiger partial charge on any atom is 0.246 e. The van der Waals surface area contributed by atoms with Crippen molar-refractivity contribution >= 4 is 40.9 Å². The number of halogens is 1. The molecule has 7 rings (SSSR count). The molecule has 0 spiro atoms. The van der Waals surface area contributed by atoms with Gasteiger partial charge in [-0.05, 0) is 55.5 Å². The molecule has 0 aromatic heterocycles. The number of allylic oxidation sites excluding steroid dienone is 2. The Morgan fingerprint density at radius 2 is 1.70 bits per heavy atom. The first-order valence-electron chi connectivity index (χ1n) is 14.9. The molecular weight excluding hydrogens is 580 g/mol. The van der Waals surface area contributed by atoms with Gasteiger partial charge in [0.05, 0.1) is 36.0 Å². The molecule has 3 aromatic rings. The first kappa shape index (κ1) is 28.3. The number of fused-ring (bicyclic) bond motifs is 4. The Balaban J connectivity index is 1.53. The van der Waals surface area contributed by atoms with Crippen molar-refractivity contribution in [1.82, 2.24) is 4.90 Å². The van der Waals surface area contributed by atoms with Crippen LogP contribution in [0.4, 0.5) is 5.69 Å². The van der Waals surface area contributed by atoms with E-state index in [1.54, 1.807) is 43.3 Å². The molecule has 2 saturated heterocycles. The fraction of sp³-hybridized carbons (Fsp3) is 0.314. The van der Waals surface area contributed by atoms with Gasteiger partial charge in [-0.15, -0.1) is 0 Å². The average Bonchev–Trinajstić information content (AvgIpc) is 3.41. The number of ether oxygens (including phenoxy) is 1. The summed E-state index contributed by atoms with van der Waals surface area (Å²) in [5.74, 6) is -4.05. The van der Waals surface area contributed by atoms with Crippen LogP contribution in [-0.2, 0) is 24.6 Å². The summed E-state index contributed by atoms with van der Waals surface area (Å²) >= 11 is 6.35. The van der Waals surface area contributed by atoms with Crippen molar-refractivity contribution in [2.45, 2.75) is 31.1 Å². The number of aromatic hydroxyl groups is 1. The maximum atomic E-state index is 15.2. The van der Waals surface area contributed by atoms with Crippen molar-refractivity contribution in [3.05, 3.63) is 101 Å². The van der Waals surface area contributed by atoms with E-state index in [2.05, 4.69) is 0 Å². The number of phenolic OH excluding ortho intramolecular Hbond substituents is 1. The van der Waals surface area contributed by atoms with Crippen LogP contribution >= 0.6 is 11.6 Å². The zero-order valence-electron chi connectivity index (χ0n) is 24.3. The van der Waals surface area contributed by atoms with E-state index in [-0.39, 0.29) is 36.4 Å². The van der Waals surface area contributed by atoms with Crippen LogP contribution in [0.5, 0.6) is 11.5 Å². The van der Waals surface area contributed by atoms with Gasteiger partial charge >= 0.3 is 0 Å². The van der Waals surface area contributed by atoms with Crippen LogP contribution in [0.1, 0.15) is 36.8 Å². The van der Waals surface area contributed by atoms with Crippen LogP contribution < -0.4 is 9.64 Å². The molecule has 4 aliphatic rings. The number of likely N-dealkylation sites (tertiary alicyclic amines) is 1. The van der Waals surface area contributed by atoms with Crippen molar-refractivity contribution in [2.75, 3.05) is 18.6 Å². The van der Waals surface area contributed by atoms with Gasteiger partial charge in [-0.1, -0.05) is 65.7 Å². The zero-order chi connectivity index (χ0) is 30.9. The molecule has 9 heteroatoms. The largest absolute Gasteiger partial charge is 0.508 e. The van der Waals surface area contributed by atoms with E-state index in [4.69, 9.17) is 16.3 Å². The van der Waals surface area contributed by atoms with E-state index in [0.29, 0.717) is 34.0 Å². The monoisotopic (exact) mass is 610 g/mol. The number of nitrogens with zero attached hydrogens (tertiary/aromatic N) is 2. The predicted octanol–water partition coefficient (Wildman–Crippen LogP) is 5.24. The Morgan fingerprint density at radius 1 is 0.932 bits per heavy atom. The molecule has 4 amide bonds.